The zero-order valence-electron chi connectivity index (χ0n) is 14.2. The van der Waals surface area contributed by atoms with E-state index in [9.17, 15) is 0 Å². The van der Waals surface area contributed by atoms with Crippen LogP contribution < -0.4 is 17.2 Å². The molecule has 4 aromatic rings. The lowest BCUT2D eigenvalue weighted by atomic mass is 10.0. The molecule has 0 atom stereocenters. The summed E-state index contributed by atoms with van der Waals surface area (Å²) in [6.07, 6.45) is 0.802. The number of nitrogens with zero attached hydrogens (tertiary/aromatic N) is 4. The van der Waals surface area contributed by atoms with Crippen molar-refractivity contribution in [1.82, 2.24) is 19.9 Å². The maximum Gasteiger partial charge on any atom is 0.224 e. The zero-order valence-corrected chi connectivity index (χ0v) is 15.0. The molecule has 0 spiro atoms. The van der Waals surface area contributed by atoms with Crippen LogP contribution >= 0.6 is 11.6 Å². The Bertz CT molecular complexity index is 1130. The summed E-state index contributed by atoms with van der Waals surface area (Å²) in [5.41, 5.74) is 21.9. The molecule has 0 saturated heterocycles. The van der Waals surface area contributed by atoms with Crippen LogP contribution in [-0.4, -0.2) is 19.9 Å². The molecule has 2 heterocycles. The minimum Gasteiger partial charge on any atom is -0.382 e. The maximum absolute atomic E-state index is 6.07. The predicted octanol–water partition coefficient (Wildman–Crippen LogP) is 3.08. The number of rotatable bonds is 3. The van der Waals surface area contributed by atoms with Gasteiger partial charge in [0.15, 0.2) is 22.8 Å². The van der Waals surface area contributed by atoms with Crippen molar-refractivity contribution in [2.75, 3.05) is 17.2 Å². The Morgan fingerprint density at radius 1 is 0.704 bits per heavy atom. The van der Waals surface area contributed by atoms with Crippen molar-refractivity contribution < 1.29 is 0 Å². The van der Waals surface area contributed by atoms with Gasteiger partial charge < -0.3 is 17.2 Å². The van der Waals surface area contributed by atoms with Crippen LogP contribution in [0.25, 0.3) is 22.4 Å². The first kappa shape index (κ1) is 17.0. The molecule has 0 aliphatic rings. The number of nitrogen functional groups attached to an aromatic ring is 3. The summed E-state index contributed by atoms with van der Waals surface area (Å²) in [7, 11) is 0. The number of nitrogens with two attached hydrogens (primary N) is 3. The van der Waals surface area contributed by atoms with Gasteiger partial charge in [-0.25, -0.2) is 9.97 Å². The summed E-state index contributed by atoms with van der Waals surface area (Å²) in [5.74, 6) is 0.462. The third-order valence-corrected chi connectivity index (χ3v) is 4.40. The highest BCUT2D eigenvalue weighted by molar-refractivity contribution is 6.30. The van der Waals surface area contributed by atoms with Crippen LogP contribution in [0, 0.1) is 0 Å². The van der Waals surface area contributed by atoms with Gasteiger partial charge in [0.05, 0.1) is 0 Å². The quantitative estimate of drug-likeness (QED) is 0.500. The lowest BCUT2D eigenvalue weighted by molar-refractivity contribution is 1.17. The largest absolute Gasteiger partial charge is 0.382 e. The van der Waals surface area contributed by atoms with Gasteiger partial charge in [0.1, 0.15) is 5.69 Å². The minimum atomic E-state index is 0.0352. The van der Waals surface area contributed by atoms with E-state index < -0.39 is 0 Å². The van der Waals surface area contributed by atoms with Crippen LogP contribution in [0.15, 0.2) is 48.5 Å². The van der Waals surface area contributed by atoms with Gasteiger partial charge in [-0.1, -0.05) is 48.0 Å². The van der Waals surface area contributed by atoms with E-state index in [1.165, 1.54) is 5.56 Å². The SMILES string of the molecule is Nc1nc(N)c2nc(-c3ccc(Cc4ccc(Cl)cc4)cc3)c(N)nc2n1. The van der Waals surface area contributed by atoms with Gasteiger partial charge in [-0.3, -0.25) is 0 Å². The fraction of sp³-hybridized carbons (Fsp3) is 0.0526. The number of halogens is 1. The first-order valence-electron chi connectivity index (χ1n) is 8.19. The molecule has 0 radical (unpaired) electrons. The molecule has 0 unspecified atom stereocenters. The second-order valence-corrected chi connectivity index (χ2v) is 6.53. The molecule has 27 heavy (non-hydrogen) atoms. The van der Waals surface area contributed by atoms with Crippen molar-refractivity contribution in [2.24, 2.45) is 0 Å². The van der Waals surface area contributed by atoms with Crippen molar-refractivity contribution in [3.63, 3.8) is 0 Å². The molecule has 6 N–H and O–H groups in total. The molecule has 7 nitrogen and oxygen atoms in total. The number of benzene rings is 2. The normalized spacial score (nSPS) is 11.0. The number of hydrogen-bond acceptors (Lipinski definition) is 7. The van der Waals surface area contributed by atoms with Gasteiger partial charge >= 0.3 is 0 Å². The van der Waals surface area contributed by atoms with Crippen molar-refractivity contribution in [3.05, 3.63) is 64.7 Å². The van der Waals surface area contributed by atoms with E-state index in [1.807, 2.05) is 48.5 Å². The second kappa shape index (κ2) is 6.69. The molecule has 0 fully saturated rings. The molecule has 2 aromatic heterocycles. The molecule has 0 saturated carbocycles. The Balaban J connectivity index is 1.67. The van der Waals surface area contributed by atoms with E-state index >= 15 is 0 Å². The average Bonchev–Trinajstić information content (AvgIpc) is 2.64. The van der Waals surface area contributed by atoms with E-state index in [1.54, 1.807) is 0 Å². The number of fused-ring (bicyclic) bond motifs is 1. The molecule has 0 aliphatic carbocycles. The highest BCUT2D eigenvalue weighted by Crippen LogP contribution is 2.27. The third kappa shape index (κ3) is 3.45. The van der Waals surface area contributed by atoms with Crippen LogP contribution in [0.5, 0.6) is 0 Å². The fourth-order valence-electron chi connectivity index (χ4n) is 2.83. The molecular weight excluding hydrogens is 362 g/mol. The highest BCUT2D eigenvalue weighted by atomic mass is 35.5. The minimum absolute atomic E-state index is 0.0352. The molecule has 8 heteroatoms. The Kier molecular flexibility index (Phi) is 4.21. The Labute approximate surface area is 160 Å². The van der Waals surface area contributed by atoms with Gasteiger partial charge in [0, 0.05) is 10.6 Å². The molecule has 0 amide bonds. The molecular formula is C19H16ClN7. The molecule has 134 valence electrons. The average molecular weight is 378 g/mol. The van der Waals surface area contributed by atoms with Crippen LogP contribution in [0.1, 0.15) is 11.1 Å². The van der Waals surface area contributed by atoms with E-state index in [0.29, 0.717) is 11.2 Å². The smallest absolute Gasteiger partial charge is 0.224 e. The van der Waals surface area contributed by atoms with Crippen LogP contribution in [-0.2, 0) is 6.42 Å². The molecule has 2 aromatic carbocycles. The van der Waals surface area contributed by atoms with Crippen molar-refractivity contribution in [1.29, 1.82) is 0 Å². The number of anilines is 3. The van der Waals surface area contributed by atoms with Crippen LogP contribution in [0.2, 0.25) is 5.02 Å². The monoisotopic (exact) mass is 377 g/mol. The first-order chi connectivity index (χ1) is 13.0. The van der Waals surface area contributed by atoms with Crippen molar-refractivity contribution in [2.45, 2.75) is 6.42 Å². The van der Waals surface area contributed by atoms with Crippen LogP contribution in [0.3, 0.4) is 0 Å². The summed E-state index contributed by atoms with van der Waals surface area (Å²) in [4.78, 5) is 16.7. The Hall–Kier alpha value is -3.45. The van der Waals surface area contributed by atoms with Crippen molar-refractivity contribution in [3.8, 4) is 11.3 Å². The Morgan fingerprint density at radius 3 is 2.00 bits per heavy atom. The lowest BCUT2D eigenvalue weighted by Gasteiger charge is -2.09. The third-order valence-electron chi connectivity index (χ3n) is 4.15. The highest BCUT2D eigenvalue weighted by Gasteiger charge is 2.13. The van der Waals surface area contributed by atoms with E-state index in [-0.39, 0.29) is 23.2 Å². The zero-order chi connectivity index (χ0) is 19.0. The van der Waals surface area contributed by atoms with Crippen LogP contribution in [0.4, 0.5) is 17.6 Å². The molecule has 0 aliphatic heterocycles. The summed E-state index contributed by atoms with van der Waals surface area (Å²) < 4.78 is 0. The topological polar surface area (TPSA) is 130 Å². The number of aromatic nitrogens is 4. The summed E-state index contributed by atoms with van der Waals surface area (Å²) in [5, 5.41) is 0.726. The van der Waals surface area contributed by atoms with Gasteiger partial charge in [0.2, 0.25) is 5.95 Å². The van der Waals surface area contributed by atoms with E-state index in [4.69, 9.17) is 28.8 Å². The van der Waals surface area contributed by atoms with E-state index in [0.717, 1.165) is 22.6 Å². The Morgan fingerprint density at radius 2 is 1.33 bits per heavy atom. The molecule has 4 rings (SSSR count). The molecule has 0 bridgehead atoms. The summed E-state index contributed by atoms with van der Waals surface area (Å²) >= 11 is 5.93. The lowest BCUT2D eigenvalue weighted by Crippen LogP contribution is -2.06. The fourth-order valence-corrected chi connectivity index (χ4v) is 2.96. The number of hydrogen-bond donors (Lipinski definition) is 3. The van der Waals surface area contributed by atoms with Gasteiger partial charge in [0.25, 0.3) is 0 Å². The first-order valence-corrected chi connectivity index (χ1v) is 8.57. The van der Waals surface area contributed by atoms with Gasteiger partial charge in [-0.05, 0) is 29.7 Å². The van der Waals surface area contributed by atoms with E-state index in [2.05, 4.69) is 19.9 Å². The summed E-state index contributed by atoms with van der Waals surface area (Å²) in [6.45, 7) is 0. The summed E-state index contributed by atoms with van der Waals surface area (Å²) in [6, 6.07) is 15.7. The second-order valence-electron chi connectivity index (χ2n) is 6.10. The maximum atomic E-state index is 6.07. The standard InChI is InChI=1S/C19H16ClN7/c20-13-7-3-11(4-8-13)9-10-1-5-12(6-2-10)14-16(21)25-18-15(24-14)17(22)26-19(23)27-18/h1-8H,9H2,(H6,21,22,23,25,26,27). The van der Waals surface area contributed by atoms with Crippen molar-refractivity contribution >= 4 is 40.3 Å². The predicted molar refractivity (Wildman–Crippen MR) is 108 cm³/mol. The van der Waals surface area contributed by atoms with Gasteiger partial charge in [-0.15, -0.1) is 0 Å². The van der Waals surface area contributed by atoms with Gasteiger partial charge in [-0.2, -0.15) is 9.97 Å².